The van der Waals surface area contributed by atoms with Gasteiger partial charge in [-0.05, 0) is 48.4 Å². The van der Waals surface area contributed by atoms with Crippen molar-refractivity contribution in [3.8, 4) is 17.2 Å². The largest absolute Gasteiger partial charge is 0.489 e. The van der Waals surface area contributed by atoms with E-state index in [-0.39, 0.29) is 54.7 Å². The van der Waals surface area contributed by atoms with Crippen LogP contribution in [0.1, 0.15) is 45.0 Å². The minimum atomic E-state index is -4.60. The van der Waals surface area contributed by atoms with Crippen LogP contribution in [0.25, 0.3) is 0 Å². The molecule has 7 rings (SSSR count). The van der Waals surface area contributed by atoms with Gasteiger partial charge in [0.15, 0.2) is 0 Å². The van der Waals surface area contributed by atoms with Gasteiger partial charge in [0, 0.05) is 87.0 Å². The maximum absolute atomic E-state index is 14.1. The van der Waals surface area contributed by atoms with Crippen LogP contribution in [0.15, 0.2) is 48.7 Å². The number of piperazine rings is 1. The van der Waals surface area contributed by atoms with E-state index in [9.17, 15) is 22.8 Å². The first-order valence-electron chi connectivity index (χ1n) is 15.5. The van der Waals surface area contributed by atoms with Crippen LogP contribution in [-0.4, -0.2) is 83.7 Å². The standard InChI is InChI=1S/C33H34F3N5O5/c34-33(35,36)25-15-19(1-2-20(25)18-41-11-9-40(10-12-41)13-14-42)32(44)38-17-24-29-23-16-21(3-5-26(23)46-30(24)29)45-27-7-8-37-31-22(27)4-6-28(43)39-31/h1-3,5,7-8,15-16,24,29-30,42H,4,6,9-14,17-18H2,(H,38,44)(H,37,39,43). The number of carbonyl (C=O) groups is 2. The van der Waals surface area contributed by atoms with Crippen LogP contribution in [0, 0.1) is 5.92 Å². The van der Waals surface area contributed by atoms with Crippen molar-refractivity contribution in [1.82, 2.24) is 20.1 Å². The van der Waals surface area contributed by atoms with Gasteiger partial charge < -0.3 is 25.2 Å². The highest BCUT2D eigenvalue weighted by atomic mass is 19.4. The lowest BCUT2D eigenvalue weighted by Crippen LogP contribution is -2.46. The molecule has 3 aromatic rings. The predicted molar refractivity (Wildman–Crippen MR) is 161 cm³/mol. The van der Waals surface area contributed by atoms with Gasteiger partial charge in [-0.15, -0.1) is 0 Å². The Balaban J connectivity index is 0.979. The molecule has 0 bridgehead atoms. The van der Waals surface area contributed by atoms with E-state index in [0.717, 1.165) is 22.9 Å². The number of pyridine rings is 1. The number of fused-ring (bicyclic) bond motifs is 4. The minimum Gasteiger partial charge on any atom is -0.489 e. The molecule has 2 fully saturated rings. The zero-order valence-corrected chi connectivity index (χ0v) is 25.0. The monoisotopic (exact) mass is 637 g/mol. The first-order chi connectivity index (χ1) is 22.2. The van der Waals surface area contributed by atoms with Gasteiger partial charge in [0.05, 0.1) is 12.2 Å². The number of nitrogens with zero attached hydrogens (tertiary/aromatic N) is 3. The van der Waals surface area contributed by atoms with Gasteiger partial charge in [0.1, 0.15) is 29.2 Å². The summed E-state index contributed by atoms with van der Waals surface area (Å²) in [6.07, 6.45) is -2.25. The van der Waals surface area contributed by atoms with Gasteiger partial charge in [0.25, 0.3) is 5.91 Å². The molecule has 1 aliphatic carbocycles. The highest BCUT2D eigenvalue weighted by Gasteiger charge is 2.58. The quantitative estimate of drug-likeness (QED) is 0.325. The van der Waals surface area contributed by atoms with Gasteiger partial charge in [-0.2, -0.15) is 13.2 Å². The molecule has 46 heavy (non-hydrogen) atoms. The number of nitrogens with one attached hydrogen (secondary N) is 2. The van der Waals surface area contributed by atoms with Crippen molar-refractivity contribution in [3.05, 3.63) is 76.5 Å². The first kappa shape index (κ1) is 30.5. The highest BCUT2D eigenvalue weighted by molar-refractivity contribution is 5.94. The van der Waals surface area contributed by atoms with Crippen LogP contribution < -0.4 is 20.1 Å². The molecule has 3 aliphatic heterocycles. The van der Waals surface area contributed by atoms with Crippen molar-refractivity contribution >= 4 is 17.6 Å². The van der Waals surface area contributed by atoms with E-state index >= 15 is 0 Å². The molecule has 3 atom stereocenters. The Morgan fingerprint density at radius 2 is 1.89 bits per heavy atom. The Kier molecular flexibility index (Phi) is 8.07. The number of hydrogen-bond donors (Lipinski definition) is 3. The fraction of sp³-hybridized carbons (Fsp3) is 0.424. The summed E-state index contributed by atoms with van der Waals surface area (Å²) in [5.41, 5.74) is 1.09. The fourth-order valence-corrected chi connectivity index (χ4v) is 6.72. The lowest BCUT2D eigenvalue weighted by molar-refractivity contribution is -0.138. The second-order valence-corrected chi connectivity index (χ2v) is 12.2. The van der Waals surface area contributed by atoms with Gasteiger partial charge in [-0.25, -0.2) is 4.98 Å². The summed E-state index contributed by atoms with van der Waals surface area (Å²) >= 11 is 0. The van der Waals surface area contributed by atoms with E-state index in [1.807, 2.05) is 23.1 Å². The van der Waals surface area contributed by atoms with Crippen LogP contribution in [0.3, 0.4) is 0 Å². The molecule has 2 aromatic carbocycles. The molecule has 0 radical (unpaired) electrons. The van der Waals surface area contributed by atoms with Crippen LogP contribution >= 0.6 is 0 Å². The van der Waals surface area contributed by atoms with Crippen molar-refractivity contribution in [3.63, 3.8) is 0 Å². The summed E-state index contributed by atoms with van der Waals surface area (Å²) in [7, 11) is 0. The van der Waals surface area contributed by atoms with E-state index in [4.69, 9.17) is 14.6 Å². The molecule has 1 saturated heterocycles. The van der Waals surface area contributed by atoms with Crippen molar-refractivity contribution < 1.29 is 37.3 Å². The van der Waals surface area contributed by atoms with Crippen molar-refractivity contribution in [2.24, 2.45) is 5.92 Å². The van der Waals surface area contributed by atoms with Crippen LogP contribution in [0.5, 0.6) is 17.2 Å². The Morgan fingerprint density at radius 1 is 1.09 bits per heavy atom. The highest BCUT2D eigenvalue weighted by Crippen LogP contribution is 2.58. The third-order valence-electron chi connectivity index (χ3n) is 9.25. The molecule has 1 aromatic heterocycles. The fourth-order valence-electron chi connectivity index (χ4n) is 6.72. The second kappa shape index (κ2) is 12.2. The molecule has 3 unspecified atom stereocenters. The zero-order valence-electron chi connectivity index (χ0n) is 25.0. The van der Waals surface area contributed by atoms with E-state index in [1.165, 1.54) is 12.1 Å². The predicted octanol–water partition coefficient (Wildman–Crippen LogP) is 3.79. The van der Waals surface area contributed by atoms with E-state index in [1.54, 1.807) is 12.3 Å². The normalized spacial score (nSPS) is 22.3. The number of aliphatic hydroxyl groups is 1. The minimum absolute atomic E-state index is 0.0125. The summed E-state index contributed by atoms with van der Waals surface area (Å²) in [6, 6.07) is 11.1. The van der Waals surface area contributed by atoms with Gasteiger partial charge in [0.2, 0.25) is 5.91 Å². The molecular formula is C33H34F3N5O5. The Labute approximate surface area is 263 Å². The first-order valence-corrected chi connectivity index (χ1v) is 15.5. The number of benzene rings is 2. The van der Waals surface area contributed by atoms with Gasteiger partial charge in [-0.1, -0.05) is 6.07 Å². The molecule has 0 spiro atoms. The summed E-state index contributed by atoms with van der Waals surface area (Å²) in [5.74, 6) is 1.85. The smallest absolute Gasteiger partial charge is 0.416 e. The van der Waals surface area contributed by atoms with Gasteiger partial charge in [-0.3, -0.25) is 19.4 Å². The topological polar surface area (TPSA) is 116 Å². The third-order valence-corrected chi connectivity index (χ3v) is 9.25. The number of amides is 2. The van der Waals surface area contributed by atoms with E-state index in [0.29, 0.717) is 62.9 Å². The Hall–Kier alpha value is -4.20. The number of rotatable bonds is 9. The lowest BCUT2D eigenvalue weighted by atomic mass is 10.0. The van der Waals surface area contributed by atoms with E-state index < -0.39 is 17.6 Å². The van der Waals surface area contributed by atoms with Crippen LogP contribution in [0.4, 0.5) is 19.0 Å². The maximum Gasteiger partial charge on any atom is 0.416 e. The molecule has 4 heterocycles. The number of anilines is 1. The Bertz CT molecular complexity index is 1660. The number of carbonyl (C=O) groups excluding carboxylic acids is 2. The summed E-state index contributed by atoms with van der Waals surface area (Å²) < 4.78 is 54.5. The molecule has 1 saturated carbocycles. The van der Waals surface area contributed by atoms with E-state index in [2.05, 4.69) is 20.5 Å². The SMILES string of the molecule is O=C1CCc2c(Oc3ccc4c(c3)C3C(CNC(=O)c5ccc(CN6CCN(CCO)CC6)c(C(F)(F)F)c5)C3O4)ccnc2N1. The molecule has 242 valence electrons. The number of aromatic nitrogens is 1. The summed E-state index contributed by atoms with van der Waals surface area (Å²) in [4.78, 5) is 33.0. The molecule has 13 heteroatoms. The van der Waals surface area contributed by atoms with Crippen molar-refractivity contribution in [2.75, 3.05) is 51.2 Å². The second-order valence-electron chi connectivity index (χ2n) is 12.2. The summed E-state index contributed by atoms with van der Waals surface area (Å²) in [6.45, 7) is 3.58. The molecule has 2 amide bonds. The number of hydrogen-bond acceptors (Lipinski definition) is 8. The summed E-state index contributed by atoms with van der Waals surface area (Å²) in [5, 5.41) is 14.7. The molecule has 10 nitrogen and oxygen atoms in total. The van der Waals surface area contributed by atoms with Crippen molar-refractivity contribution in [2.45, 2.75) is 37.6 Å². The molecular weight excluding hydrogens is 603 g/mol. The number of β-amino-alcohol motifs (C(OH)–C–C–N with tert-alkyl or cyclic N) is 1. The number of ether oxygens (including phenoxy) is 2. The third kappa shape index (κ3) is 6.14. The van der Waals surface area contributed by atoms with Crippen LogP contribution in [0.2, 0.25) is 0 Å². The zero-order chi connectivity index (χ0) is 32.0. The van der Waals surface area contributed by atoms with Crippen LogP contribution in [-0.2, 0) is 23.9 Å². The Morgan fingerprint density at radius 3 is 2.67 bits per heavy atom. The van der Waals surface area contributed by atoms with Gasteiger partial charge >= 0.3 is 6.18 Å². The molecule has 3 N–H and O–H groups in total. The number of alkyl halides is 3. The molecule has 4 aliphatic rings. The van der Waals surface area contributed by atoms with Crippen molar-refractivity contribution in [1.29, 1.82) is 0 Å². The average molecular weight is 638 g/mol. The maximum atomic E-state index is 14.1. The number of halogens is 3. The number of aliphatic hydroxyl groups excluding tert-OH is 1. The average Bonchev–Trinajstić information content (AvgIpc) is 3.58. The lowest BCUT2D eigenvalue weighted by Gasteiger charge is -2.34.